The molecule has 4 amide bonds. The van der Waals surface area contributed by atoms with E-state index in [-0.39, 0.29) is 0 Å². The first kappa shape index (κ1) is 23.3. The Hall–Kier alpha value is -4.32. The summed E-state index contributed by atoms with van der Waals surface area (Å²) in [5.74, 6) is 0. The second kappa shape index (κ2) is 9.87. The summed E-state index contributed by atoms with van der Waals surface area (Å²) in [7, 11) is 0. The van der Waals surface area contributed by atoms with Crippen LogP contribution in [0.1, 0.15) is 13.8 Å². The third kappa shape index (κ3) is 4.96. The van der Waals surface area contributed by atoms with Crippen LogP contribution in [0.2, 0.25) is 0 Å². The van der Waals surface area contributed by atoms with Gasteiger partial charge in [-0.15, -0.1) is 0 Å². The fourth-order valence-electron chi connectivity index (χ4n) is 3.74. The van der Waals surface area contributed by atoms with Crippen LogP contribution in [0.4, 0.5) is 15.3 Å². The zero-order valence-electron chi connectivity index (χ0n) is 18.1. The van der Waals surface area contributed by atoms with E-state index in [0.29, 0.717) is 5.69 Å². The van der Waals surface area contributed by atoms with Gasteiger partial charge in [0.25, 0.3) is 0 Å². The summed E-state index contributed by atoms with van der Waals surface area (Å²) in [6.45, 7) is 3.28. The Morgan fingerprint density at radius 1 is 0.879 bits per heavy atom. The van der Waals surface area contributed by atoms with E-state index >= 15 is 0 Å². The topological polar surface area (TPSA) is 120 Å². The van der Waals surface area contributed by atoms with Gasteiger partial charge < -0.3 is 10.6 Å². The van der Waals surface area contributed by atoms with Gasteiger partial charge >= 0.3 is 12.1 Å². The maximum Gasteiger partial charge on any atom is 0.330 e. The summed E-state index contributed by atoms with van der Waals surface area (Å²) in [5, 5.41) is 5.50. The molecule has 2 aliphatic carbocycles. The fraction of sp³-hybridized carbons (Fsp3) is 0.250. The second-order valence-electron chi connectivity index (χ2n) is 7.89. The number of aliphatic imine (C=N–C) groups is 2. The van der Waals surface area contributed by atoms with Crippen molar-refractivity contribution in [3.8, 4) is 0 Å². The number of benzene rings is 1. The average molecular weight is 445 g/mol. The third-order valence-electron chi connectivity index (χ3n) is 5.57. The molecule has 0 heterocycles. The van der Waals surface area contributed by atoms with Crippen LogP contribution in [0, 0.1) is 0 Å². The number of carbonyl (C=O) groups excluding carboxylic acids is 4. The SMILES string of the molecule is CC1(NC(=O)N(C(=O)Nc2ccccc2)C2(C)C=CC=CC2N=C=O)C=CC=CC1N=C=O. The number of rotatable bonds is 5. The molecule has 4 unspecified atom stereocenters. The van der Waals surface area contributed by atoms with Crippen LogP contribution >= 0.6 is 0 Å². The predicted molar refractivity (Wildman–Crippen MR) is 123 cm³/mol. The Labute approximate surface area is 191 Å². The molecule has 3 rings (SSSR count). The van der Waals surface area contributed by atoms with Gasteiger partial charge in [-0.05, 0) is 26.0 Å². The number of amides is 4. The van der Waals surface area contributed by atoms with Crippen molar-refractivity contribution in [2.75, 3.05) is 5.32 Å². The Morgan fingerprint density at radius 3 is 2.15 bits per heavy atom. The number of hydrogen-bond acceptors (Lipinski definition) is 6. The molecule has 9 heteroatoms. The number of para-hydroxylation sites is 1. The summed E-state index contributed by atoms with van der Waals surface area (Å²) >= 11 is 0. The van der Waals surface area contributed by atoms with E-state index in [2.05, 4.69) is 20.6 Å². The van der Waals surface area contributed by atoms with E-state index in [1.165, 1.54) is 12.2 Å². The lowest BCUT2D eigenvalue weighted by Gasteiger charge is -2.43. The molecule has 9 nitrogen and oxygen atoms in total. The van der Waals surface area contributed by atoms with Crippen LogP contribution in [0.5, 0.6) is 0 Å². The van der Waals surface area contributed by atoms with E-state index in [1.807, 2.05) is 0 Å². The van der Waals surface area contributed by atoms with Gasteiger partial charge in [0.05, 0.1) is 11.1 Å². The molecule has 0 aromatic heterocycles. The largest absolute Gasteiger partial charge is 0.330 e. The van der Waals surface area contributed by atoms with Crippen molar-refractivity contribution in [1.82, 2.24) is 10.2 Å². The molecule has 0 saturated heterocycles. The van der Waals surface area contributed by atoms with E-state index in [9.17, 15) is 19.2 Å². The molecule has 168 valence electrons. The minimum atomic E-state index is -1.33. The first-order chi connectivity index (χ1) is 15.8. The molecule has 0 saturated carbocycles. The molecule has 33 heavy (non-hydrogen) atoms. The van der Waals surface area contributed by atoms with Crippen molar-refractivity contribution in [3.63, 3.8) is 0 Å². The number of anilines is 1. The maximum absolute atomic E-state index is 13.6. The van der Waals surface area contributed by atoms with Crippen molar-refractivity contribution in [2.45, 2.75) is 37.0 Å². The van der Waals surface area contributed by atoms with Crippen molar-refractivity contribution >= 4 is 29.9 Å². The summed E-state index contributed by atoms with van der Waals surface area (Å²) < 4.78 is 0. The molecule has 1 aromatic carbocycles. The molecular weight excluding hydrogens is 422 g/mol. The highest BCUT2D eigenvalue weighted by Gasteiger charge is 2.46. The Bertz CT molecular complexity index is 1130. The number of hydrogen-bond donors (Lipinski definition) is 2. The number of nitrogens with one attached hydrogen (secondary N) is 2. The quantitative estimate of drug-likeness (QED) is 0.533. The smallest absolute Gasteiger partial charge is 0.326 e. The number of urea groups is 2. The standard InChI is InChI=1S/C24H23N5O4/c1-23(14-8-6-12-19(23)25-16-30)28-22(33)29(21(32)27-18-10-4-3-5-11-18)24(2)15-9-7-13-20(24)26-17-31/h3-15,19-20H,1-2H3,(H,27,32)(H,28,33). The molecule has 0 bridgehead atoms. The first-order valence-corrected chi connectivity index (χ1v) is 10.2. The maximum atomic E-state index is 13.6. The van der Waals surface area contributed by atoms with Crippen molar-refractivity contribution in [1.29, 1.82) is 0 Å². The van der Waals surface area contributed by atoms with Crippen LogP contribution in [-0.2, 0) is 9.59 Å². The van der Waals surface area contributed by atoms with Gasteiger partial charge in [0.15, 0.2) is 0 Å². The normalized spacial score (nSPS) is 27.1. The molecular formula is C24H23N5O4. The highest BCUT2D eigenvalue weighted by atomic mass is 16.2. The molecule has 0 aliphatic heterocycles. The van der Waals surface area contributed by atoms with Crippen molar-refractivity contribution < 1.29 is 19.2 Å². The predicted octanol–water partition coefficient (Wildman–Crippen LogP) is 3.41. The van der Waals surface area contributed by atoms with Crippen LogP contribution < -0.4 is 10.6 Å². The molecule has 0 radical (unpaired) electrons. The fourth-order valence-corrected chi connectivity index (χ4v) is 3.74. The number of imide groups is 1. The van der Waals surface area contributed by atoms with Crippen LogP contribution in [-0.4, -0.2) is 52.3 Å². The number of allylic oxidation sites excluding steroid dienone is 4. The molecule has 4 atom stereocenters. The zero-order chi connectivity index (χ0) is 23.9. The number of isocyanates is 2. The first-order valence-electron chi connectivity index (χ1n) is 10.2. The molecule has 2 aliphatic rings. The van der Waals surface area contributed by atoms with Crippen LogP contribution in [0.25, 0.3) is 0 Å². The van der Waals surface area contributed by atoms with Gasteiger partial charge in [-0.2, -0.15) is 9.98 Å². The van der Waals surface area contributed by atoms with Crippen LogP contribution in [0.15, 0.2) is 88.9 Å². The number of carbonyl (C=O) groups is 2. The Morgan fingerprint density at radius 2 is 1.48 bits per heavy atom. The monoisotopic (exact) mass is 445 g/mol. The summed E-state index contributed by atoms with van der Waals surface area (Å²) in [6.07, 6.45) is 16.3. The van der Waals surface area contributed by atoms with Gasteiger partial charge in [0.2, 0.25) is 12.2 Å². The average Bonchev–Trinajstić information content (AvgIpc) is 2.78. The lowest BCUT2D eigenvalue weighted by Crippen LogP contribution is -2.65. The summed E-state index contributed by atoms with van der Waals surface area (Å²) in [6, 6.07) is 5.55. The molecule has 0 spiro atoms. The van der Waals surface area contributed by atoms with Gasteiger partial charge in [-0.1, -0.05) is 66.8 Å². The van der Waals surface area contributed by atoms with E-state index in [4.69, 9.17) is 0 Å². The summed E-state index contributed by atoms with van der Waals surface area (Å²) in [4.78, 5) is 57.5. The molecule has 2 N–H and O–H groups in total. The Balaban J connectivity index is 2.01. The molecule has 0 fully saturated rings. The highest BCUT2D eigenvalue weighted by molar-refractivity contribution is 6.02. The Kier molecular flexibility index (Phi) is 6.98. The zero-order valence-corrected chi connectivity index (χ0v) is 18.1. The van der Waals surface area contributed by atoms with Crippen molar-refractivity contribution in [2.24, 2.45) is 9.98 Å². The van der Waals surface area contributed by atoms with Gasteiger partial charge in [0, 0.05) is 5.69 Å². The van der Waals surface area contributed by atoms with Crippen molar-refractivity contribution in [3.05, 3.63) is 78.9 Å². The summed E-state index contributed by atoms with van der Waals surface area (Å²) in [5.41, 5.74) is -1.96. The highest BCUT2D eigenvalue weighted by Crippen LogP contribution is 2.30. The number of nitrogens with zero attached hydrogens (tertiary/aromatic N) is 3. The minimum absolute atomic E-state index is 0.477. The lowest BCUT2D eigenvalue weighted by molar-refractivity contribution is 0.149. The second-order valence-corrected chi connectivity index (χ2v) is 7.89. The van der Waals surface area contributed by atoms with Gasteiger partial charge in [-0.3, -0.25) is 0 Å². The van der Waals surface area contributed by atoms with E-state index in [1.54, 1.807) is 92.8 Å². The minimum Gasteiger partial charge on any atom is -0.326 e. The molecule has 1 aromatic rings. The lowest BCUT2D eigenvalue weighted by atomic mass is 9.86. The van der Waals surface area contributed by atoms with Gasteiger partial charge in [-0.25, -0.2) is 24.1 Å². The van der Waals surface area contributed by atoms with Gasteiger partial charge in [0.1, 0.15) is 12.1 Å². The third-order valence-corrected chi connectivity index (χ3v) is 5.57. The van der Waals surface area contributed by atoms with Crippen LogP contribution in [0.3, 0.4) is 0 Å². The van der Waals surface area contributed by atoms with E-state index in [0.717, 1.165) is 4.90 Å². The van der Waals surface area contributed by atoms with E-state index < -0.39 is 35.2 Å².